The van der Waals surface area contributed by atoms with Gasteiger partial charge in [0.05, 0.1) is 0 Å². The smallest absolute Gasteiger partial charge is 0.306 e. The van der Waals surface area contributed by atoms with Crippen LogP contribution in [0.15, 0.2) is 109 Å². The van der Waals surface area contributed by atoms with Gasteiger partial charge in [0, 0.05) is 19.3 Å². The van der Waals surface area contributed by atoms with Crippen LogP contribution in [0.25, 0.3) is 0 Å². The normalized spacial score (nSPS) is 12.8. The molecule has 0 aliphatic heterocycles. The van der Waals surface area contributed by atoms with E-state index in [-0.39, 0.29) is 37.5 Å². The second-order valence-corrected chi connectivity index (χ2v) is 21.6. The highest BCUT2D eigenvalue weighted by molar-refractivity contribution is 5.71. The third-order valence-corrected chi connectivity index (χ3v) is 14.0. The molecule has 0 aliphatic rings. The van der Waals surface area contributed by atoms with Gasteiger partial charge in [-0.2, -0.15) is 0 Å². The summed E-state index contributed by atoms with van der Waals surface area (Å²) in [5.74, 6) is -0.942. The average molecular weight is 1080 g/mol. The molecular weight excluding hydrogens is 961 g/mol. The van der Waals surface area contributed by atoms with Crippen LogP contribution in [0.3, 0.4) is 0 Å². The number of ether oxygens (including phenoxy) is 3. The van der Waals surface area contributed by atoms with E-state index in [1.165, 1.54) is 161 Å². The van der Waals surface area contributed by atoms with Crippen LogP contribution in [0.1, 0.15) is 310 Å². The molecule has 0 amide bonds. The van der Waals surface area contributed by atoms with E-state index >= 15 is 0 Å². The van der Waals surface area contributed by atoms with Gasteiger partial charge >= 0.3 is 17.9 Å². The van der Waals surface area contributed by atoms with Crippen LogP contribution in [0.4, 0.5) is 0 Å². The number of hydrogen-bond donors (Lipinski definition) is 0. The summed E-state index contributed by atoms with van der Waals surface area (Å²) in [6.45, 7) is 6.43. The summed E-state index contributed by atoms with van der Waals surface area (Å²) in [7, 11) is 0. The Bertz CT molecular complexity index is 1570. The van der Waals surface area contributed by atoms with Crippen LogP contribution < -0.4 is 0 Å². The predicted molar refractivity (Wildman–Crippen MR) is 339 cm³/mol. The van der Waals surface area contributed by atoms with Gasteiger partial charge in [-0.3, -0.25) is 14.4 Å². The maximum atomic E-state index is 12.8. The lowest BCUT2D eigenvalue weighted by atomic mass is 10.0. The van der Waals surface area contributed by atoms with Crippen molar-refractivity contribution in [2.45, 2.75) is 316 Å². The minimum Gasteiger partial charge on any atom is -0.462 e. The molecule has 1 atom stereocenters. The molecule has 6 heteroatoms. The second kappa shape index (κ2) is 65.6. The maximum absolute atomic E-state index is 12.8. The predicted octanol–water partition coefficient (Wildman–Crippen LogP) is 22.6. The molecule has 446 valence electrons. The molecule has 6 nitrogen and oxygen atoms in total. The number of esters is 3. The van der Waals surface area contributed by atoms with E-state index in [4.69, 9.17) is 14.2 Å². The fourth-order valence-corrected chi connectivity index (χ4v) is 9.10. The Morgan fingerprint density at radius 3 is 0.808 bits per heavy atom. The summed E-state index contributed by atoms with van der Waals surface area (Å²) < 4.78 is 16.8. The van der Waals surface area contributed by atoms with Crippen molar-refractivity contribution in [1.82, 2.24) is 0 Å². The standard InChI is InChI=1S/C72H122O6/c1-4-7-10-13-16-18-20-22-24-26-28-30-31-32-33-34-35-36-37-38-39-40-41-43-44-46-48-50-52-54-56-59-62-65-71(74)77-68-69(67-76-70(73)64-61-58-15-12-9-6-3)78-72(75)66-63-60-57-55-53-51-49-47-45-42-29-27-25-23-21-19-17-14-11-8-5-2/h8,11,17,19-20,22-23,25-26,28-29,31-32,42,47,49,53,55,69H,4-7,9-10,12-16,18,21,24,27,30,33-41,43-46,48,50-52,54,56-68H2,1-3H3/b11-8-,19-17-,22-20-,25-23-,28-26-,32-31-,42-29-,49-47-,55-53-. The highest BCUT2D eigenvalue weighted by atomic mass is 16.6. The lowest BCUT2D eigenvalue weighted by molar-refractivity contribution is -0.167. The first kappa shape index (κ1) is 74.1. The van der Waals surface area contributed by atoms with Gasteiger partial charge in [0.25, 0.3) is 0 Å². The van der Waals surface area contributed by atoms with Crippen LogP contribution in [-0.4, -0.2) is 37.2 Å². The van der Waals surface area contributed by atoms with Crippen molar-refractivity contribution in [2.24, 2.45) is 0 Å². The molecule has 0 saturated heterocycles. The van der Waals surface area contributed by atoms with E-state index in [1.54, 1.807) is 0 Å². The molecule has 78 heavy (non-hydrogen) atoms. The zero-order valence-corrected chi connectivity index (χ0v) is 51.2. The van der Waals surface area contributed by atoms with Gasteiger partial charge in [0.15, 0.2) is 6.10 Å². The van der Waals surface area contributed by atoms with Gasteiger partial charge < -0.3 is 14.2 Å². The van der Waals surface area contributed by atoms with Gasteiger partial charge in [-0.15, -0.1) is 0 Å². The van der Waals surface area contributed by atoms with Crippen molar-refractivity contribution < 1.29 is 28.6 Å². The van der Waals surface area contributed by atoms with Crippen molar-refractivity contribution in [3.63, 3.8) is 0 Å². The quantitative estimate of drug-likeness (QED) is 0.0261. The van der Waals surface area contributed by atoms with Crippen molar-refractivity contribution in [1.29, 1.82) is 0 Å². The first-order valence-electron chi connectivity index (χ1n) is 32.9. The van der Waals surface area contributed by atoms with E-state index in [9.17, 15) is 14.4 Å². The lowest BCUT2D eigenvalue weighted by Crippen LogP contribution is -2.30. The molecule has 0 heterocycles. The zero-order chi connectivity index (χ0) is 56.4. The fourth-order valence-electron chi connectivity index (χ4n) is 9.10. The minimum absolute atomic E-state index is 0.0943. The van der Waals surface area contributed by atoms with E-state index in [0.29, 0.717) is 19.3 Å². The highest BCUT2D eigenvalue weighted by Gasteiger charge is 2.19. The molecule has 0 bridgehead atoms. The van der Waals surface area contributed by atoms with Gasteiger partial charge in [0.2, 0.25) is 0 Å². The minimum atomic E-state index is -0.799. The summed E-state index contributed by atoms with van der Waals surface area (Å²) in [6, 6.07) is 0. The summed E-state index contributed by atoms with van der Waals surface area (Å²) in [5, 5.41) is 0. The monoisotopic (exact) mass is 1080 g/mol. The number of carbonyl (C=O) groups excluding carboxylic acids is 3. The van der Waals surface area contributed by atoms with Crippen LogP contribution in [0.5, 0.6) is 0 Å². The zero-order valence-electron chi connectivity index (χ0n) is 51.2. The molecule has 0 spiro atoms. The van der Waals surface area contributed by atoms with Crippen molar-refractivity contribution >= 4 is 17.9 Å². The number of allylic oxidation sites excluding steroid dienone is 18. The van der Waals surface area contributed by atoms with Crippen molar-refractivity contribution in [3.05, 3.63) is 109 Å². The summed E-state index contributed by atoms with van der Waals surface area (Å²) in [4.78, 5) is 38.0. The molecule has 0 aromatic heterocycles. The SMILES string of the molecule is CC/C=C\C/C=C\C/C=C\C/C=C\C/C=C\C/C=C\CCCCC(=O)OC(COC(=O)CCCCCCCC)COC(=O)CCCCCCCCCCCCCCCCCCCC/C=C\C/C=C\C/C=C\CCCCCCC. The Balaban J connectivity index is 4.07. The molecule has 0 aliphatic carbocycles. The Morgan fingerprint density at radius 2 is 0.500 bits per heavy atom. The summed E-state index contributed by atoms with van der Waals surface area (Å²) in [6.07, 6.45) is 90.1. The third-order valence-electron chi connectivity index (χ3n) is 14.0. The van der Waals surface area contributed by atoms with E-state index in [0.717, 1.165) is 103 Å². The molecule has 0 rings (SSSR count). The Labute approximate surface area is 482 Å². The molecule has 0 aromatic rings. The number of rotatable bonds is 59. The molecule has 0 fully saturated rings. The van der Waals surface area contributed by atoms with Crippen LogP contribution in [0.2, 0.25) is 0 Å². The molecule has 0 saturated carbocycles. The Morgan fingerprint density at radius 1 is 0.269 bits per heavy atom. The number of hydrogen-bond acceptors (Lipinski definition) is 6. The highest BCUT2D eigenvalue weighted by Crippen LogP contribution is 2.16. The van der Waals surface area contributed by atoms with E-state index < -0.39 is 6.10 Å². The van der Waals surface area contributed by atoms with Gasteiger partial charge in [-0.25, -0.2) is 0 Å². The molecule has 0 N–H and O–H groups in total. The number of carbonyl (C=O) groups is 3. The summed E-state index contributed by atoms with van der Waals surface area (Å²) >= 11 is 0. The Kier molecular flexibility index (Phi) is 62.3. The molecular formula is C72H122O6. The van der Waals surface area contributed by atoms with Crippen molar-refractivity contribution in [3.8, 4) is 0 Å². The Hall–Kier alpha value is -3.93. The lowest BCUT2D eigenvalue weighted by Gasteiger charge is -2.18. The van der Waals surface area contributed by atoms with Crippen molar-refractivity contribution in [2.75, 3.05) is 13.2 Å². The topological polar surface area (TPSA) is 78.9 Å². The maximum Gasteiger partial charge on any atom is 0.306 e. The molecule has 0 radical (unpaired) electrons. The number of unbranched alkanes of at least 4 members (excludes halogenated alkanes) is 30. The van der Waals surface area contributed by atoms with Gasteiger partial charge in [-0.1, -0.05) is 291 Å². The average Bonchev–Trinajstić information content (AvgIpc) is 3.44. The molecule has 0 aromatic carbocycles. The first-order chi connectivity index (χ1) is 38.5. The van der Waals surface area contributed by atoms with Crippen LogP contribution in [0, 0.1) is 0 Å². The van der Waals surface area contributed by atoms with Gasteiger partial charge in [0.1, 0.15) is 13.2 Å². The van der Waals surface area contributed by atoms with E-state index in [2.05, 4.69) is 130 Å². The van der Waals surface area contributed by atoms with Gasteiger partial charge in [-0.05, 0) is 109 Å². The molecule has 1 unspecified atom stereocenters. The van der Waals surface area contributed by atoms with Crippen LogP contribution in [-0.2, 0) is 28.6 Å². The second-order valence-electron chi connectivity index (χ2n) is 21.6. The first-order valence-corrected chi connectivity index (χ1v) is 32.9. The largest absolute Gasteiger partial charge is 0.462 e. The van der Waals surface area contributed by atoms with E-state index in [1.807, 2.05) is 0 Å². The fraction of sp³-hybridized carbons (Fsp3) is 0.708. The summed E-state index contributed by atoms with van der Waals surface area (Å²) in [5.41, 5.74) is 0. The third kappa shape index (κ3) is 62.9. The van der Waals surface area contributed by atoms with Crippen LogP contribution >= 0.6 is 0 Å².